The van der Waals surface area contributed by atoms with Crippen LogP contribution in [0.5, 0.6) is 0 Å². The standard InChI is InChI=1S/C14H15NO3/c1-3-4-9-17-14(16)10(2)13-15-11-7-5-6-8-12(11)18-13/h3-8,10H,9H2,1-2H3/b4-3+. The average Bonchev–Trinajstić information content (AvgIpc) is 2.81. The van der Waals surface area contributed by atoms with Gasteiger partial charge >= 0.3 is 5.97 Å². The molecule has 0 aliphatic heterocycles. The highest BCUT2D eigenvalue weighted by Crippen LogP contribution is 2.21. The van der Waals surface area contributed by atoms with Gasteiger partial charge in [-0.05, 0) is 26.0 Å². The van der Waals surface area contributed by atoms with Crippen molar-refractivity contribution in [2.75, 3.05) is 6.61 Å². The quantitative estimate of drug-likeness (QED) is 0.613. The molecule has 0 spiro atoms. The number of fused-ring (bicyclic) bond motifs is 1. The molecular weight excluding hydrogens is 230 g/mol. The first kappa shape index (κ1) is 12.4. The molecule has 0 bridgehead atoms. The number of para-hydroxylation sites is 2. The number of carbonyl (C=O) groups excluding carboxylic acids is 1. The van der Waals surface area contributed by atoms with E-state index in [4.69, 9.17) is 9.15 Å². The molecule has 1 unspecified atom stereocenters. The molecular formula is C14H15NO3. The van der Waals surface area contributed by atoms with Crippen molar-refractivity contribution >= 4 is 17.1 Å². The van der Waals surface area contributed by atoms with E-state index in [1.807, 2.05) is 37.3 Å². The second kappa shape index (κ2) is 5.49. The van der Waals surface area contributed by atoms with Gasteiger partial charge in [-0.2, -0.15) is 0 Å². The first-order valence-electron chi connectivity index (χ1n) is 5.85. The van der Waals surface area contributed by atoms with E-state index in [0.717, 1.165) is 5.52 Å². The van der Waals surface area contributed by atoms with Crippen LogP contribution in [0, 0.1) is 0 Å². The Labute approximate surface area is 105 Å². The van der Waals surface area contributed by atoms with Crippen LogP contribution >= 0.6 is 0 Å². The highest BCUT2D eigenvalue weighted by Gasteiger charge is 2.22. The number of ether oxygens (including phenoxy) is 1. The molecule has 0 fully saturated rings. The van der Waals surface area contributed by atoms with Crippen molar-refractivity contribution in [2.24, 2.45) is 0 Å². The van der Waals surface area contributed by atoms with Crippen LogP contribution < -0.4 is 0 Å². The van der Waals surface area contributed by atoms with Crippen LogP contribution in [0.4, 0.5) is 0 Å². The van der Waals surface area contributed by atoms with Gasteiger partial charge < -0.3 is 9.15 Å². The lowest BCUT2D eigenvalue weighted by atomic mass is 10.2. The van der Waals surface area contributed by atoms with Gasteiger partial charge in [0.05, 0.1) is 0 Å². The maximum atomic E-state index is 11.7. The van der Waals surface area contributed by atoms with Crippen LogP contribution in [-0.4, -0.2) is 17.6 Å². The Hall–Kier alpha value is -2.10. The Bertz CT molecular complexity index is 538. The van der Waals surface area contributed by atoms with Crippen LogP contribution in [0.15, 0.2) is 40.8 Å². The summed E-state index contributed by atoms with van der Waals surface area (Å²) in [6.07, 6.45) is 3.61. The second-order valence-electron chi connectivity index (χ2n) is 3.94. The summed E-state index contributed by atoms with van der Waals surface area (Å²) >= 11 is 0. The van der Waals surface area contributed by atoms with Crippen molar-refractivity contribution in [1.29, 1.82) is 0 Å². The smallest absolute Gasteiger partial charge is 0.318 e. The molecule has 0 N–H and O–H groups in total. The zero-order chi connectivity index (χ0) is 13.0. The normalized spacial score (nSPS) is 13.0. The fourth-order valence-electron chi connectivity index (χ4n) is 1.53. The van der Waals surface area contributed by atoms with Gasteiger partial charge in [0.1, 0.15) is 18.0 Å². The highest BCUT2D eigenvalue weighted by atomic mass is 16.5. The molecule has 1 heterocycles. The lowest BCUT2D eigenvalue weighted by Gasteiger charge is -2.05. The van der Waals surface area contributed by atoms with Crippen molar-refractivity contribution in [3.8, 4) is 0 Å². The fraction of sp³-hybridized carbons (Fsp3) is 0.286. The number of hydrogen-bond acceptors (Lipinski definition) is 4. The predicted molar refractivity (Wildman–Crippen MR) is 68.2 cm³/mol. The van der Waals surface area contributed by atoms with E-state index < -0.39 is 5.92 Å². The van der Waals surface area contributed by atoms with E-state index in [1.165, 1.54) is 0 Å². The van der Waals surface area contributed by atoms with Crippen LogP contribution in [0.2, 0.25) is 0 Å². The van der Waals surface area contributed by atoms with E-state index in [0.29, 0.717) is 11.5 Å². The summed E-state index contributed by atoms with van der Waals surface area (Å²) in [5.74, 6) is -0.441. The van der Waals surface area contributed by atoms with Gasteiger partial charge in [-0.15, -0.1) is 0 Å². The molecule has 2 rings (SSSR count). The summed E-state index contributed by atoms with van der Waals surface area (Å²) in [6.45, 7) is 3.88. The van der Waals surface area contributed by atoms with E-state index >= 15 is 0 Å². The third-order valence-electron chi connectivity index (χ3n) is 2.59. The Morgan fingerprint density at radius 2 is 2.28 bits per heavy atom. The van der Waals surface area contributed by atoms with Crippen molar-refractivity contribution < 1.29 is 13.9 Å². The Balaban J connectivity index is 2.12. The predicted octanol–water partition coefficient (Wildman–Crippen LogP) is 3.05. The van der Waals surface area contributed by atoms with Gasteiger partial charge in [0.15, 0.2) is 5.58 Å². The summed E-state index contributed by atoms with van der Waals surface area (Å²) in [5.41, 5.74) is 1.43. The lowest BCUT2D eigenvalue weighted by Crippen LogP contribution is -2.13. The molecule has 4 nitrogen and oxygen atoms in total. The van der Waals surface area contributed by atoms with Crippen LogP contribution in [-0.2, 0) is 9.53 Å². The van der Waals surface area contributed by atoms with Crippen LogP contribution in [0.1, 0.15) is 25.7 Å². The van der Waals surface area contributed by atoms with E-state index in [2.05, 4.69) is 4.98 Å². The number of nitrogens with zero attached hydrogens (tertiary/aromatic N) is 1. The van der Waals surface area contributed by atoms with E-state index in [-0.39, 0.29) is 12.6 Å². The van der Waals surface area contributed by atoms with Crippen molar-refractivity contribution in [2.45, 2.75) is 19.8 Å². The molecule has 0 radical (unpaired) electrons. The largest absolute Gasteiger partial charge is 0.461 e. The van der Waals surface area contributed by atoms with Gasteiger partial charge in [-0.25, -0.2) is 4.98 Å². The first-order chi connectivity index (χ1) is 8.72. The monoisotopic (exact) mass is 245 g/mol. The molecule has 0 aliphatic rings. The molecule has 94 valence electrons. The topological polar surface area (TPSA) is 52.3 Å². The molecule has 0 saturated heterocycles. The minimum absolute atomic E-state index is 0.278. The summed E-state index contributed by atoms with van der Waals surface area (Å²) in [4.78, 5) is 16.0. The number of esters is 1. The molecule has 0 aliphatic carbocycles. The molecule has 1 aromatic heterocycles. The number of benzene rings is 1. The number of hydrogen-bond donors (Lipinski definition) is 0. The van der Waals surface area contributed by atoms with Gasteiger partial charge in [-0.1, -0.05) is 24.3 Å². The minimum Gasteiger partial charge on any atom is -0.461 e. The van der Waals surface area contributed by atoms with Gasteiger partial charge in [0, 0.05) is 0 Å². The fourth-order valence-corrected chi connectivity index (χ4v) is 1.53. The zero-order valence-corrected chi connectivity index (χ0v) is 10.4. The third kappa shape index (κ3) is 2.59. The number of carbonyl (C=O) groups is 1. The zero-order valence-electron chi connectivity index (χ0n) is 10.4. The van der Waals surface area contributed by atoms with Crippen molar-refractivity contribution in [3.05, 3.63) is 42.3 Å². The molecule has 0 saturated carbocycles. The van der Waals surface area contributed by atoms with Crippen molar-refractivity contribution in [1.82, 2.24) is 4.98 Å². The second-order valence-corrected chi connectivity index (χ2v) is 3.94. The number of aromatic nitrogens is 1. The summed E-state index contributed by atoms with van der Waals surface area (Å²) in [7, 11) is 0. The molecule has 1 atom stereocenters. The molecule has 0 amide bonds. The van der Waals surface area contributed by atoms with Crippen LogP contribution in [0.3, 0.4) is 0 Å². The van der Waals surface area contributed by atoms with Gasteiger partial charge in [0.2, 0.25) is 5.89 Å². The minimum atomic E-state index is -0.498. The maximum Gasteiger partial charge on any atom is 0.318 e. The van der Waals surface area contributed by atoms with Crippen molar-refractivity contribution in [3.63, 3.8) is 0 Å². The number of rotatable bonds is 4. The van der Waals surface area contributed by atoms with E-state index in [9.17, 15) is 4.79 Å². The third-order valence-corrected chi connectivity index (χ3v) is 2.59. The van der Waals surface area contributed by atoms with E-state index in [1.54, 1.807) is 13.0 Å². The molecule has 2 aromatic rings. The Kier molecular flexibility index (Phi) is 3.77. The summed E-state index contributed by atoms with van der Waals surface area (Å²) < 4.78 is 10.6. The molecule has 1 aromatic carbocycles. The first-order valence-corrected chi connectivity index (χ1v) is 5.85. The summed E-state index contributed by atoms with van der Waals surface area (Å²) in [5, 5.41) is 0. The lowest BCUT2D eigenvalue weighted by molar-refractivity contribution is -0.144. The SMILES string of the molecule is C/C=C/COC(=O)C(C)c1nc2ccccc2o1. The Morgan fingerprint density at radius 1 is 1.50 bits per heavy atom. The van der Waals surface area contributed by atoms with Gasteiger partial charge in [-0.3, -0.25) is 4.79 Å². The van der Waals surface area contributed by atoms with Crippen LogP contribution in [0.25, 0.3) is 11.1 Å². The number of allylic oxidation sites excluding steroid dienone is 1. The average molecular weight is 245 g/mol. The van der Waals surface area contributed by atoms with Gasteiger partial charge in [0.25, 0.3) is 0 Å². The maximum absolute atomic E-state index is 11.7. The number of oxazole rings is 1. The Morgan fingerprint density at radius 3 is 3.00 bits per heavy atom. The summed E-state index contributed by atoms with van der Waals surface area (Å²) in [6, 6.07) is 7.42. The molecule has 18 heavy (non-hydrogen) atoms. The molecule has 4 heteroatoms. The highest BCUT2D eigenvalue weighted by molar-refractivity contribution is 5.78.